The monoisotopic (exact) mass is 274 g/mol. The molecule has 0 saturated carbocycles. The summed E-state index contributed by atoms with van der Waals surface area (Å²) < 4.78 is 6.11. The van der Waals surface area contributed by atoms with Gasteiger partial charge in [-0.2, -0.15) is 0 Å². The van der Waals surface area contributed by atoms with E-state index in [1.165, 1.54) is 5.19 Å². The molecule has 3 rings (SSSR count). The van der Waals surface area contributed by atoms with Gasteiger partial charge in [0.25, 0.3) is 0 Å². The van der Waals surface area contributed by atoms with E-state index in [4.69, 9.17) is 4.74 Å². The van der Waals surface area contributed by atoms with Crippen LogP contribution in [0.3, 0.4) is 0 Å². The Bertz CT molecular complexity index is 483. The summed E-state index contributed by atoms with van der Waals surface area (Å²) in [6, 6.07) is 10.8. The van der Waals surface area contributed by atoms with Gasteiger partial charge in [-0.15, -0.1) is 0 Å². The van der Waals surface area contributed by atoms with Gasteiger partial charge in [-0.3, -0.25) is 4.79 Å². The first-order valence-corrected chi connectivity index (χ1v) is 10.3. The van der Waals surface area contributed by atoms with Gasteiger partial charge in [0.05, 0.1) is 20.3 Å². The summed E-state index contributed by atoms with van der Waals surface area (Å²) in [6.45, 7) is 6.88. The Morgan fingerprint density at radius 3 is 2.53 bits per heavy atom. The molecule has 2 heterocycles. The molecule has 2 nitrogen and oxygen atoms in total. The van der Waals surface area contributed by atoms with Crippen LogP contribution in [0, 0.1) is 5.92 Å². The van der Waals surface area contributed by atoms with E-state index >= 15 is 0 Å². The van der Waals surface area contributed by atoms with Crippen molar-refractivity contribution in [3.63, 3.8) is 0 Å². The number of ketones is 1. The largest absolute Gasteiger partial charge is 0.374 e. The van der Waals surface area contributed by atoms with E-state index in [9.17, 15) is 4.79 Å². The van der Waals surface area contributed by atoms with Crippen LogP contribution in [-0.4, -0.2) is 26.1 Å². The fourth-order valence-corrected chi connectivity index (χ4v) is 7.15. The SMILES string of the molecule is C[C@@H]1C(=O)C[C@H]2O[C@@H]1C[C@@H]2[Si](C)(C)c1ccccc1. The van der Waals surface area contributed by atoms with Gasteiger partial charge in [0.1, 0.15) is 5.78 Å². The Labute approximate surface area is 116 Å². The quantitative estimate of drug-likeness (QED) is 0.775. The third-order valence-electron chi connectivity index (χ3n) is 5.20. The molecule has 102 valence electrons. The van der Waals surface area contributed by atoms with Crippen LogP contribution < -0.4 is 5.19 Å². The second kappa shape index (κ2) is 4.56. The molecule has 0 spiro atoms. The minimum absolute atomic E-state index is 0.0989. The zero-order chi connectivity index (χ0) is 13.6. The summed E-state index contributed by atoms with van der Waals surface area (Å²) in [4.78, 5) is 12.0. The molecule has 2 aliphatic rings. The van der Waals surface area contributed by atoms with E-state index in [2.05, 4.69) is 43.4 Å². The summed E-state index contributed by atoms with van der Waals surface area (Å²) in [6.07, 6.45) is 2.06. The minimum Gasteiger partial charge on any atom is -0.374 e. The zero-order valence-corrected chi connectivity index (χ0v) is 12.9. The normalized spacial score (nSPS) is 34.6. The second-order valence-corrected chi connectivity index (χ2v) is 11.4. The maximum atomic E-state index is 12.0. The van der Waals surface area contributed by atoms with Crippen molar-refractivity contribution in [3.05, 3.63) is 30.3 Å². The molecule has 0 aromatic heterocycles. The lowest BCUT2D eigenvalue weighted by molar-refractivity contribution is -0.136. The molecule has 2 bridgehead atoms. The summed E-state index contributed by atoms with van der Waals surface area (Å²) in [5, 5.41) is 1.48. The topological polar surface area (TPSA) is 26.3 Å². The highest BCUT2D eigenvalue weighted by molar-refractivity contribution is 6.91. The van der Waals surface area contributed by atoms with Crippen LogP contribution in [0.25, 0.3) is 0 Å². The lowest BCUT2D eigenvalue weighted by Gasteiger charge is -2.33. The van der Waals surface area contributed by atoms with Crippen LogP contribution in [0.4, 0.5) is 0 Å². The van der Waals surface area contributed by atoms with E-state index in [0.29, 0.717) is 17.7 Å². The molecule has 4 atom stereocenters. The number of rotatable bonds is 2. The van der Waals surface area contributed by atoms with E-state index in [0.717, 1.165) is 6.42 Å². The van der Waals surface area contributed by atoms with E-state index in [-0.39, 0.29) is 18.1 Å². The van der Waals surface area contributed by atoms with Gasteiger partial charge in [0, 0.05) is 12.3 Å². The highest BCUT2D eigenvalue weighted by Gasteiger charge is 2.51. The first kappa shape index (κ1) is 13.1. The highest BCUT2D eigenvalue weighted by Crippen LogP contribution is 2.46. The molecule has 3 heteroatoms. The molecule has 0 amide bonds. The molecular weight excluding hydrogens is 252 g/mol. The van der Waals surface area contributed by atoms with E-state index in [1.807, 2.05) is 6.92 Å². The number of carbonyl (C=O) groups is 1. The van der Waals surface area contributed by atoms with E-state index < -0.39 is 8.07 Å². The van der Waals surface area contributed by atoms with Crippen LogP contribution >= 0.6 is 0 Å². The molecule has 19 heavy (non-hydrogen) atoms. The maximum absolute atomic E-state index is 12.0. The lowest BCUT2D eigenvalue weighted by Crippen LogP contribution is -2.48. The Kier molecular flexibility index (Phi) is 3.14. The second-order valence-electron chi connectivity index (χ2n) is 6.60. The van der Waals surface area contributed by atoms with Crippen molar-refractivity contribution in [1.82, 2.24) is 0 Å². The fraction of sp³-hybridized carbons (Fsp3) is 0.562. The number of hydrogen-bond donors (Lipinski definition) is 0. The standard InChI is InChI=1S/C16H22O2Si/c1-11-13(17)9-15-16(10-14(11)18-15)19(2,3)12-7-5-4-6-8-12/h4-8,11,14-16H,9-10H2,1-3H3/t11-,14-,15-,16+/m1/s1. The average molecular weight is 274 g/mol. The van der Waals surface area contributed by atoms with Crippen LogP contribution in [0.1, 0.15) is 19.8 Å². The molecule has 0 unspecified atom stereocenters. The van der Waals surface area contributed by atoms with Gasteiger partial charge >= 0.3 is 0 Å². The van der Waals surface area contributed by atoms with Crippen LogP contribution in [0.2, 0.25) is 18.6 Å². The first-order chi connectivity index (χ1) is 9.00. The van der Waals surface area contributed by atoms with Crippen molar-refractivity contribution in [1.29, 1.82) is 0 Å². The van der Waals surface area contributed by atoms with Gasteiger partial charge in [0.15, 0.2) is 0 Å². The number of Topliss-reactive ketones (excluding diaryl/α,β-unsaturated/α-hetero) is 1. The van der Waals surface area contributed by atoms with Crippen LogP contribution in [0.15, 0.2) is 30.3 Å². The molecule has 0 N–H and O–H groups in total. The van der Waals surface area contributed by atoms with Crippen molar-refractivity contribution < 1.29 is 9.53 Å². The Hall–Kier alpha value is -0.933. The van der Waals surface area contributed by atoms with Gasteiger partial charge in [-0.05, 0) is 12.0 Å². The smallest absolute Gasteiger partial charge is 0.140 e. The molecular formula is C16H22O2Si. The molecule has 0 aliphatic carbocycles. The average Bonchev–Trinajstić information content (AvgIpc) is 2.78. The van der Waals surface area contributed by atoms with Gasteiger partial charge in [-0.1, -0.05) is 55.5 Å². The van der Waals surface area contributed by atoms with E-state index in [1.54, 1.807) is 0 Å². The predicted molar refractivity (Wildman–Crippen MR) is 79.4 cm³/mol. The Morgan fingerprint density at radius 1 is 1.16 bits per heavy atom. The van der Waals surface area contributed by atoms with Crippen molar-refractivity contribution in [2.24, 2.45) is 5.92 Å². The van der Waals surface area contributed by atoms with Gasteiger partial charge in [-0.25, -0.2) is 0 Å². The molecule has 2 fully saturated rings. The number of fused-ring (bicyclic) bond motifs is 2. The summed E-state index contributed by atoms with van der Waals surface area (Å²) in [5.74, 6) is 0.503. The van der Waals surface area contributed by atoms with Gasteiger partial charge < -0.3 is 4.74 Å². The lowest BCUT2D eigenvalue weighted by atomic mass is 9.96. The predicted octanol–water partition coefficient (Wildman–Crippen LogP) is 2.74. The molecule has 1 aromatic rings. The third-order valence-corrected chi connectivity index (χ3v) is 9.48. The summed E-state index contributed by atoms with van der Waals surface area (Å²) in [5.41, 5.74) is 0.578. The number of carbonyl (C=O) groups excluding carboxylic acids is 1. The highest BCUT2D eigenvalue weighted by atomic mass is 28.3. The van der Waals surface area contributed by atoms with Crippen molar-refractivity contribution in [2.45, 2.75) is 50.6 Å². The summed E-state index contributed by atoms with van der Waals surface area (Å²) in [7, 11) is -1.57. The first-order valence-electron chi connectivity index (χ1n) is 7.24. The zero-order valence-electron chi connectivity index (χ0n) is 11.9. The number of ether oxygens (including phenoxy) is 1. The summed E-state index contributed by atoms with van der Waals surface area (Å²) >= 11 is 0. The molecule has 2 aliphatic heterocycles. The van der Waals surface area contributed by atoms with Crippen molar-refractivity contribution in [2.75, 3.05) is 0 Å². The number of benzene rings is 1. The molecule has 0 radical (unpaired) electrons. The Morgan fingerprint density at radius 2 is 1.84 bits per heavy atom. The fourth-order valence-electron chi connectivity index (χ4n) is 3.72. The molecule has 2 saturated heterocycles. The third kappa shape index (κ3) is 2.09. The minimum atomic E-state index is -1.57. The number of hydrogen-bond acceptors (Lipinski definition) is 2. The van der Waals surface area contributed by atoms with Crippen molar-refractivity contribution in [3.8, 4) is 0 Å². The molecule has 1 aromatic carbocycles. The van der Waals surface area contributed by atoms with Crippen molar-refractivity contribution >= 4 is 19.0 Å². The Balaban J connectivity index is 1.89. The van der Waals surface area contributed by atoms with Crippen LogP contribution in [0.5, 0.6) is 0 Å². The maximum Gasteiger partial charge on any atom is 0.140 e. The van der Waals surface area contributed by atoms with Gasteiger partial charge in [0.2, 0.25) is 0 Å². The van der Waals surface area contributed by atoms with Crippen LogP contribution in [-0.2, 0) is 9.53 Å².